The molecule has 0 amide bonds. The number of rotatable bonds is 1. The standard InChI is InChI=1S/C11H21NO/c1-8(2)11-9-4-12(3)5-10(11)7-13-6-9/h8-11H,4-7H2,1-3H3. The minimum Gasteiger partial charge on any atom is -0.381 e. The van der Waals surface area contributed by atoms with E-state index < -0.39 is 0 Å². The maximum atomic E-state index is 5.64. The van der Waals surface area contributed by atoms with Crippen molar-refractivity contribution in [1.82, 2.24) is 4.90 Å². The Hall–Kier alpha value is -0.0800. The second-order valence-corrected chi connectivity index (χ2v) is 5.10. The van der Waals surface area contributed by atoms with Crippen molar-refractivity contribution in [3.63, 3.8) is 0 Å². The fourth-order valence-corrected chi connectivity index (χ4v) is 3.29. The quantitative estimate of drug-likeness (QED) is 0.610. The average Bonchev–Trinajstić information content (AvgIpc) is 2.01. The number of nitrogens with zero attached hydrogens (tertiary/aromatic N) is 1. The average molecular weight is 183 g/mol. The van der Waals surface area contributed by atoms with Crippen molar-refractivity contribution in [2.24, 2.45) is 23.7 Å². The zero-order chi connectivity index (χ0) is 9.42. The van der Waals surface area contributed by atoms with Gasteiger partial charge in [0.05, 0.1) is 13.2 Å². The van der Waals surface area contributed by atoms with E-state index in [9.17, 15) is 0 Å². The van der Waals surface area contributed by atoms with E-state index in [1.165, 1.54) is 13.1 Å². The molecule has 0 radical (unpaired) electrons. The molecule has 2 heterocycles. The number of hydrogen-bond donors (Lipinski definition) is 0. The molecule has 2 aliphatic heterocycles. The van der Waals surface area contributed by atoms with Crippen molar-refractivity contribution < 1.29 is 4.74 Å². The van der Waals surface area contributed by atoms with Crippen molar-refractivity contribution in [3.05, 3.63) is 0 Å². The highest BCUT2D eigenvalue weighted by Crippen LogP contribution is 2.37. The third-order valence-electron chi connectivity index (χ3n) is 3.61. The maximum absolute atomic E-state index is 5.64. The Morgan fingerprint density at radius 1 is 1.15 bits per heavy atom. The third kappa shape index (κ3) is 1.75. The molecule has 2 aliphatic rings. The first kappa shape index (κ1) is 9.47. The monoisotopic (exact) mass is 183 g/mol. The van der Waals surface area contributed by atoms with Gasteiger partial charge in [0.15, 0.2) is 0 Å². The summed E-state index contributed by atoms with van der Waals surface area (Å²) >= 11 is 0. The molecule has 0 aliphatic carbocycles. The highest BCUT2D eigenvalue weighted by Gasteiger charge is 2.40. The number of piperidine rings is 1. The SMILES string of the molecule is CC(C)C1C2COCC1CN(C)C2. The molecule has 2 fully saturated rings. The molecule has 2 saturated heterocycles. The van der Waals surface area contributed by atoms with Crippen LogP contribution in [-0.4, -0.2) is 38.3 Å². The van der Waals surface area contributed by atoms with Gasteiger partial charge in [-0.15, -0.1) is 0 Å². The molecule has 2 nitrogen and oxygen atoms in total. The summed E-state index contributed by atoms with van der Waals surface area (Å²) in [5.74, 6) is 3.31. The van der Waals surface area contributed by atoms with Gasteiger partial charge in [-0.05, 0) is 30.7 Å². The number of hydrogen-bond acceptors (Lipinski definition) is 2. The molecule has 0 saturated carbocycles. The summed E-state index contributed by atoms with van der Waals surface area (Å²) in [6.07, 6.45) is 0. The van der Waals surface area contributed by atoms with Gasteiger partial charge in [-0.1, -0.05) is 13.8 Å². The maximum Gasteiger partial charge on any atom is 0.0509 e. The summed E-state index contributed by atoms with van der Waals surface area (Å²) in [6, 6.07) is 0. The summed E-state index contributed by atoms with van der Waals surface area (Å²) < 4.78 is 5.64. The summed E-state index contributed by atoms with van der Waals surface area (Å²) in [4.78, 5) is 2.47. The first-order chi connectivity index (χ1) is 6.18. The minimum absolute atomic E-state index is 0.789. The van der Waals surface area contributed by atoms with Crippen molar-refractivity contribution in [2.45, 2.75) is 13.8 Å². The van der Waals surface area contributed by atoms with E-state index in [0.29, 0.717) is 0 Å². The highest BCUT2D eigenvalue weighted by molar-refractivity contribution is 4.89. The van der Waals surface area contributed by atoms with Gasteiger partial charge in [-0.25, -0.2) is 0 Å². The molecule has 2 bridgehead atoms. The van der Waals surface area contributed by atoms with Crippen LogP contribution < -0.4 is 0 Å². The molecular formula is C11H21NO. The van der Waals surface area contributed by atoms with Crippen LogP contribution in [0.25, 0.3) is 0 Å². The molecule has 2 rings (SSSR count). The lowest BCUT2D eigenvalue weighted by atomic mass is 9.71. The third-order valence-corrected chi connectivity index (χ3v) is 3.61. The fraction of sp³-hybridized carbons (Fsp3) is 1.00. The molecule has 0 aromatic heterocycles. The molecule has 2 heteroatoms. The Morgan fingerprint density at radius 2 is 1.69 bits per heavy atom. The van der Waals surface area contributed by atoms with Crippen LogP contribution in [0.5, 0.6) is 0 Å². The van der Waals surface area contributed by atoms with Crippen molar-refractivity contribution in [2.75, 3.05) is 33.4 Å². The molecule has 0 aromatic rings. The van der Waals surface area contributed by atoms with E-state index in [2.05, 4.69) is 25.8 Å². The molecular weight excluding hydrogens is 162 g/mol. The van der Waals surface area contributed by atoms with Gasteiger partial charge in [0.25, 0.3) is 0 Å². The topological polar surface area (TPSA) is 12.5 Å². The zero-order valence-corrected chi connectivity index (χ0v) is 8.99. The van der Waals surface area contributed by atoms with E-state index >= 15 is 0 Å². The predicted octanol–water partition coefficient (Wildman–Crippen LogP) is 1.47. The van der Waals surface area contributed by atoms with E-state index in [1.54, 1.807) is 0 Å². The van der Waals surface area contributed by atoms with Gasteiger partial charge in [0, 0.05) is 13.1 Å². The Bertz CT molecular complexity index is 167. The van der Waals surface area contributed by atoms with E-state index in [0.717, 1.165) is 36.9 Å². The molecule has 76 valence electrons. The minimum atomic E-state index is 0.789. The second-order valence-electron chi connectivity index (χ2n) is 5.10. The summed E-state index contributed by atoms with van der Waals surface area (Å²) in [5, 5.41) is 0. The van der Waals surface area contributed by atoms with Crippen LogP contribution in [0, 0.1) is 23.7 Å². The molecule has 0 N–H and O–H groups in total. The lowest BCUT2D eigenvalue weighted by molar-refractivity contribution is -0.0917. The number of likely N-dealkylation sites (tertiary alicyclic amines) is 1. The Morgan fingerprint density at radius 3 is 2.15 bits per heavy atom. The molecule has 0 spiro atoms. The molecule has 2 unspecified atom stereocenters. The summed E-state index contributed by atoms with van der Waals surface area (Å²) in [7, 11) is 2.24. The number of ether oxygens (including phenoxy) is 1. The zero-order valence-electron chi connectivity index (χ0n) is 8.99. The lowest BCUT2D eigenvalue weighted by Crippen LogP contribution is -2.52. The van der Waals surface area contributed by atoms with Crippen LogP contribution in [0.15, 0.2) is 0 Å². The van der Waals surface area contributed by atoms with Crippen molar-refractivity contribution >= 4 is 0 Å². The summed E-state index contributed by atoms with van der Waals surface area (Å²) in [5.41, 5.74) is 0. The van der Waals surface area contributed by atoms with Crippen LogP contribution in [-0.2, 0) is 4.74 Å². The van der Waals surface area contributed by atoms with Crippen LogP contribution >= 0.6 is 0 Å². The molecule has 13 heavy (non-hydrogen) atoms. The Balaban J connectivity index is 2.10. The van der Waals surface area contributed by atoms with Crippen molar-refractivity contribution in [1.29, 1.82) is 0 Å². The van der Waals surface area contributed by atoms with Gasteiger partial charge in [0.2, 0.25) is 0 Å². The fourth-order valence-electron chi connectivity index (χ4n) is 3.29. The molecule has 2 atom stereocenters. The van der Waals surface area contributed by atoms with Gasteiger partial charge in [-0.2, -0.15) is 0 Å². The van der Waals surface area contributed by atoms with Crippen LogP contribution in [0.3, 0.4) is 0 Å². The van der Waals surface area contributed by atoms with E-state index in [1.807, 2.05) is 0 Å². The summed E-state index contributed by atoms with van der Waals surface area (Å²) in [6.45, 7) is 9.18. The largest absolute Gasteiger partial charge is 0.381 e. The molecule has 0 aromatic carbocycles. The lowest BCUT2D eigenvalue weighted by Gasteiger charge is -2.47. The Kier molecular flexibility index (Phi) is 2.61. The van der Waals surface area contributed by atoms with Crippen LogP contribution in [0.2, 0.25) is 0 Å². The first-order valence-corrected chi connectivity index (χ1v) is 5.44. The van der Waals surface area contributed by atoms with E-state index in [4.69, 9.17) is 4.74 Å². The normalized spacial score (nSPS) is 41.1. The highest BCUT2D eigenvalue weighted by atomic mass is 16.5. The second kappa shape index (κ2) is 3.58. The predicted molar refractivity (Wildman–Crippen MR) is 53.6 cm³/mol. The Labute approximate surface area is 81.3 Å². The van der Waals surface area contributed by atoms with Crippen LogP contribution in [0.4, 0.5) is 0 Å². The van der Waals surface area contributed by atoms with E-state index in [-0.39, 0.29) is 0 Å². The van der Waals surface area contributed by atoms with Crippen LogP contribution in [0.1, 0.15) is 13.8 Å². The number of fused-ring (bicyclic) bond motifs is 2. The van der Waals surface area contributed by atoms with Gasteiger partial charge >= 0.3 is 0 Å². The van der Waals surface area contributed by atoms with Gasteiger partial charge < -0.3 is 9.64 Å². The first-order valence-electron chi connectivity index (χ1n) is 5.44. The van der Waals surface area contributed by atoms with Crippen molar-refractivity contribution in [3.8, 4) is 0 Å². The smallest absolute Gasteiger partial charge is 0.0509 e. The van der Waals surface area contributed by atoms with Gasteiger partial charge in [0.1, 0.15) is 0 Å². The van der Waals surface area contributed by atoms with Gasteiger partial charge in [-0.3, -0.25) is 0 Å².